The molecule has 0 aromatic heterocycles. The highest BCUT2D eigenvalue weighted by molar-refractivity contribution is 5.85. The maximum absolute atomic E-state index is 11.1. The standard InChI is InChI=1S/C8H13NO3/c1-3-12-8(11)5(2)6-4-7(10)9-6/h5-6H,3-4H2,1-2H3,(H,9,10). The minimum atomic E-state index is -0.234. The van der Waals surface area contributed by atoms with E-state index in [1.807, 2.05) is 0 Å². The molecular weight excluding hydrogens is 158 g/mol. The topological polar surface area (TPSA) is 55.4 Å². The molecule has 0 spiro atoms. The van der Waals surface area contributed by atoms with Crippen LogP contribution >= 0.6 is 0 Å². The van der Waals surface area contributed by atoms with Gasteiger partial charge in [0.1, 0.15) is 0 Å². The Balaban J connectivity index is 2.32. The summed E-state index contributed by atoms with van der Waals surface area (Å²) in [6.07, 6.45) is 0.444. The quantitative estimate of drug-likeness (QED) is 0.483. The number of esters is 1. The summed E-state index contributed by atoms with van der Waals surface area (Å²) in [6.45, 7) is 3.93. The summed E-state index contributed by atoms with van der Waals surface area (Å²) in [6, 6.07) is -0.0171. The maximum Gasteiger partial charge on any atom is 0.310 e. The van der Waals surface area contributed by atoms with Crippen LogP contribution in [0.4, 0.5) is 0 Å². The molecule has 0 radical (unpaired) electrons. The lowest BCUT2D eigenvalue weighted by Crippen LogP contribution is -2.54. The second kappa shape index (κ2) is 3.56. The summed E-state index contributed by atoms with van der Waals surface area (Å²) in [5, 5.41) is 2.64. The number of ether oxygens (including phenoxy) is 1. The van der Waals surface area contributed by atoms with E-state index in [4.69, 9.17) is 4.74 Å². The Morgan fingerprint density at radius 1 is 1.83 bits per heavy atom. The van der Waals surface area contributed by atoms with Crippen molar-refractivity contribution in [2.24, 2.45) is 5.92 Å². The van der Waals surface area contributed by atoms with Crippen LogP contribution in [0, 0.1) is 5.92 Å². The molecular formula is C8H13NO3. The Morgan fingerprint density at radius 3 is 2.83 bits per heavy atom. The molecule has 1 heterocycles. The lowest BCUT2D eigenvalue weighted by atomic mass is 9.93. The van der Waals surface area contributed by atoms with Crippen LogP contribution < -0.4 is 5.32 Å². The minimum Gasteiger partial charge on any atom is -0.466 e. The molecule has 1 amide bonds. The largest absolute Gasteiger partial charge is 0.466 e. The molecule has 1 aliphatic rings. The first-order valence-electron chi connectivity index (χ1n) is 4.11. The van der Waals surface area contributed by atoms with Crippen LogP contribution in [0.15, 0.2) is 0 Å². The third-order valence-electron chi connectivity index (χ3n) is 2.01. The number of β-lactam (4-membered cyclic amide) rings is 1. The molecule has 4 nitrogen and oxygen atoms in total. The van der Waals surface area contributed by atoms with Crippen molar-refractivity contribution in [3.8, 4) is 0 Å². The van der Waals surface area contributed by atoms with Crippen LogP contribution in [-0.4, -0.2) is 24.5 Å². The molecule has 0 saturated carbocycles. The Labute approximate surface area is 71.3 Å². The van der Waals surface area contributed by atoms with Crippen molar-refractivity contribution in [1.82, 2.24) is 5.32 Å². The average Bonchev–Trinajstić information content (AvgIpc) is 1.98. The summed E-state index contributed by atoms with van der Waals surface area (Å²) in [4.78, 5) is 21.6. The van der Waals surface area contributed by atoms with Crippen molar-refractivity contribution in [2.75, 3.05) is 6.61 Å². The zero-order valence-corrected chi connectivity index (χ0v) is 7.29. The molecule has 0 aromatic carbocycles. The van der Waals surface area contributed by atoms with Crippen LogP contribution in [0.1, 0.15) is 20.3 Å². The molecule has 1 fully saturated rings. The smallest absolute Gasteiger partial charge is 0.310 e. The van der Waals surface area contributed by atoms with Crippen molar-refractivity contribution >= 4 is 11.9 Å². The van der Waals surface area contributed by atoms with E-state index in [1.54, 1.807) is 13.8 Å². The van der Waals surface area contributed by atoms with E-state index in [-0.39, 0.29) is 23.8 Å². The number of hydrogen-bond acceptors (Lipinski definition) is 3. The highest BCUT2D eigenvalue weighted by Gasteiger charge is 2.34. The van der Waals surface area contributed by atoms with Crippen LogP contribution in [0.25, 0.3) is 0 Å². The van der Waals surface area contributed by atoms with E-state index in [9.17, 15) is 9.59 Å². The van der Waals surface area contributed by atoms with E-state index in [1.165, 1.54) is 0 Å². The molecule has 2 atom stereocenters. The molecule has 12 heavy (non-hydrogen) atoms. The minimum absolute atomic E-state index is 0.0103. The second-order valence-corrected chi connectivity index (χ2v) is 2.92. The van der Waals surface area contributed by atoms with Gasteiger partial charge in [0.05, 0.1) is 18.6 Å². The monoisotopic (exact) mass is 171 g/mol. The van der Waals surface area contributed by atoms with Gasteiger partial charge in [0.15, 0.2) is 0 Å². The van der Waals surface area contributed by atoms with Crippen molar-refractivity contribution in [1.29, 1.82) is 0 Å². The second-order valence-electron chi connectivity index (χ2n) is 2.92. The number of amides is 1. The predicted molar refractivity (Wildman–Crippen MR) is 42.3 cm³/mol. The summed E-state index contributed by atoms with van der Waals surface area (Å²) in [5.74, 6) is -0.443. The van der Waals surface area contributed by atoms with Gasteiger partial charge in [-0.25, -0.2) is 0 Å². The summed E-state index contributed by atoms with van der Waals surface area (Å²) in [7, 11) is 0. The van der Waals surface area contributed by atoms with E-state index >= 15 is 0 Å². The fraction of sp³-hybridized carbons (Fsp3) is 0.750. The van der Waals surface area contributed by atoms with Gasteiger partial charge in [0, 0.05) is 6.42 Å². The molecule has 0 aliphatic carbocycles. The number of carbonyl (C=O) groups excluding carboxylic acids is 2. The number of nitrogens with one attached hydrogen (secondary N) is 1. The first-order chi connectivity index (χ1) is 5.65. The SMILES string of the molecule is CCOC(=O)C(C)C1CC(=O)N1. The van der Waals surface area contributed by atoms with Crippen molar-refractivity contribution in [3.05, 3.63) is 0 Å². The summed E-state index contributed by atoms with van der Waals surface area (Å²) < 4.78 is 4.81. The van der Waals surface area contributed by atoms with E-state index in [0.29, 0.717) is 13.0 Å². The van der Waals surface area contributed by atoms with Gasteiger partial charge in [0.2, 0.25) is 5.91 Å². The Bertz CT molecular complexity index is 194. The van der Waals surface area contributed by atoms with Gasteiger partial charge in [-0.05, 0) is 13.8 Å². The van der Waals surface area contributed by atoms with Gasteiger partial charge in [-0.3, -0.25) is 9.59 Å². The molecule has 1 rings (SSSR count). The van der Waals surface area contributed by atoms with Gasteiger partial charge in [-0.1, -0.05) is 0 Å². The third-order valence-corrected chi connectivity index (χ3v) is 2.01. The van der Waals surface area contributed by atoms with Crippen molar-refractivity contribution < 1.29 is 14.3 Å². The fourth-order valence-corrected chi connectivity index (χ4v) is 1.13. The average molecular weight is 171 g/mol. The van der Waals surface area contributed by atoms with E-state index in [0.717, 1.165) is 0 Å². The number of rotatable bonds is 3. The molecule has 0 aromatic rings. The van der Waals surface area contributed by atoms with Crippen LogP contribution in [0.2, 0.25) is 0 Å². The van der Waals surface area contributed by atoms with Crippen molar-refractivity contribution in [2.45, 2.75) is 26.3 Å². The summed E-state index contributed by atoms with van der Waals surface area (Å²) in [5.41, 5.74) is 0. The number of hydrogen-bond donors (Lipinski definition) is 1. The van der Waals surface area contributed by atoms with Gasteiger partial charge >= 0.3 is 5.97 Å². The fourth-order valence-electron chi connectivity index (χ4n) is 1.13. The predicted octanol–water partition coefficient (Wildman–Crippen LogP) is 0.0741. The van der Waals surface area contributed by atoms with Gasteiger partial charge in [0.25, 0.3) is 0 Å². The molecule has 1 aliphatic heterocycles. The van der Waals surface area contributed by atoms with Crippen LogP contribution in [-0.2, 0) is 14.3 Å². The highest BCUT2D eigenvalue weighted by atomic mass is 16.5. The molecule has 4 heteroatoms. The van der Waals surface area contributed by atoms with Crippen LogP contribution in [0.3, 0.4) is 0 Å². The zero-order valence-electron chi connectivity index (χ0n) is 7.29. The highest BCUT2D eigenvalue weighted by Crippen LogP contribution is 2.15. The molecule has 1 saturated heterocycles. The Morgan fingerprint density at radius 2 is 2.42 bits per heavy atom. The van der Waals surface area contributed by atoms with Gasteiger partial charge < -0.3 is 10.1 Å². The lowest BCUT2D eigenvalue weighted by molar-refractivity contribution is -0.150. The van der Waals surface area contributed by atoms with Crippen molar-refractivity contribution in [3.63, 3.8) is 0 Å². The van der Waals surface area contributed by atoms with E-state index in [2.05, 4.69) is 5.32 Å². The first kappa shape index (κ1) is 9.03. The lowest BCUT2D eigenvalue weighted by Gasteiger charge is -2.30. The molecule has 2 unspecified atom stereocenters. The molecule has 1 N–H and O–H groups in total. The Hall–Kier alpha value is -1.06. The van der Waals surface area contributed by atoms with Crippen LogP contribution in [0.5, 0.6) is 0 Å². The third kappa shape index (κ3) is 1.75. The normalized spacial score (nSPS) is 23.8. The molecule has 68 valence electrons. The van der Waals surface area contributed by atoms with E-state index < -0.39 is 0 Å². The maximum atomic E-state index is 11.1. The van der Waals surface area contributed by atoms with Gasteiger partial charge in [-0.15, -0.1) is 0 Å². The Kier molecular flexibility index (Phi) is 2.68. The first-order valence-corrected chi connectivity index (χ1v) is 4.11. The molecule has 0 bridgehead atoms. The zero-order chi connectivity index (χ0) is 9.14. The number of carbonyl (C=O) groups is 2. The van der Waals surface area contributed by atoms with Gasteiger partial charge in [-0.2, -0.15) is 0 Å². The summed E-state index contributed by atoms with van der Waals surface area (Å²) >= 11 is 0.